The van der Waals surface area contributed by atoms with Gasteiger partial charge in [0.25, 0.3) is 0 Å². The number of benzene rings is 2. The molecule has 0 bridgehead atoms. The Bertz CT molecular complexity index is 526. The quantitative estimate of drug-likeness (QED) is 0.752. The maximum Gasteiger partial charge on any atom is 0.0420 e. The van der Waals surface area contributed by atoms with Gasteiger partial charge in [-0.3, -0.25) is 0 Å². The van der Waals surface area contributed by atoms with Crippen molar-refractivity contribution in [3.8, 4) is 0 Å². The van der Waals surface area contributed by atoms with Crippen LogP contribution in [-0.2, 0) is 6.42 Å². The fourth-order valence-electron chi connectivity index (χ4n) is 2.04. The molecular weight excluding hydrogens is 194 g/mol. The molecular formula is C15H13N. The standard InChI is InChI=1S/C15H13N/c1-2-6-12(7-3-1)15-11-10-13-8-4-5-9-14(13)16-15/h1-9,11,16H,10H2. The molecule has 0 spiro atoms. The highest BCUT2D eigenvalue weighted by Gasteiger charge is 2.09. The van der Waals surface area contributed by atoms with Gasteiger partial charge >= 0.3 is 0 Å². The second-order valence-corrected chi connectivity index (χ2v) is 3.97. The summed E-state index contributed by atoms with van der Waals surface area (Å²) in [6.45, 7) is 0. The van der Waals surface area contributed by atoms with E-state index in [-0.39, 0.29) is 0 Å². The molecule has 0 fully saturated rings. The first-order chi connectivity index (χ1) is 7.93. The van der Waals surface area contributed by atoms with E-state index in [1.165, 1.54) is 22.5 Å². The van der Waals surface area contributed by atoms with Crippen molar-refractivity contribution in [2.24, 2.45) is 0 Å². The minimum absolute atomic E-state index is 1.01. The number of fused-ring (bicyclic) bond motifs is 1. The Morgan fingerprint density at radius 2 is 1.56 bits per heavy atom. The molecule has 78 valence electrons. The SMILES string of the molecule is C1=C(c2ccccc2)Nc2ccccc2C1. The molecule has 0 atom stereocenters. The summed E-state index contributed by atoms with van der Waals surface area (Å²) < 4.78 is 0. The molecule has 0 saturated carbocycles. The first-order valence-corrected chi connectivity index (χ1v) is 5.54. The molecule has 2 aromatic carbocycles. The van der Waals surface area contributed by atoms with E-state index in [4.69, 9.17) is 0 Å². The van der Waals surface area contributed by atoms with Crippen LogP contribution in [0.5, 0.6) is 0 Å². The average molecular weight is 207 g/mol. The maximum atomic E-state index is 3.47. The summed E-state index contributed by atoms with van der Waals surface area (Å²) in [5, 5.41) is 3.47. The Kier molecular flexibility index (Phi) is 2.22. The molecule has 0 saturated heterocycles. The Hall–Kier alpha value is -2.02. The number of allylic oxidation sites excluding steroid dienone is 1. The van der Waals surface area contributed by atoms with Crippen LogP contribution in [0.2, 0.25) is 0 Å². The van der Waals surface area contributed by atoms with Gasteiger partial charge in [-0.25, -0.2) is 0 Å². The van der Waals surface area contributed by atoms with Gasteiger partial charge < -0.3 is 5.32 Å². The van der Waals surface area contributed by atoms with E-state index in [1.54, 1.807) is 0 Å². The van der Waals surface area contributed by atoms with Crippen LogP contribution in [0, 0.1) is 0 Å². The first-order valence-electron chi connectivity index (χ1n) is 5.54. The van der Waals surface area contributed by atoms with Crippen molar-refractivity contribution < 1.29 is 0 Å². The largest absolute Gasteiger partial charge is 0.355 e. The van der Waals surface area contributed by atoms with Gasteiger partial charge in [0, 0.05) is 11.4 Å². The number of nitrogens with one attached hydrogen (secondary N) is 1. The monoisotopic (exact) mass is 207 g/mol. The number of hydrogen-bond donors (Lipinski definition) is 1. The van der Waals surface area contributed by atoms with Crippen LogP contribution >= 0.6 is 0 Å². The zero-order valence-electron chi connectivity index (χ0n) is 8.98. The lowest BCUT2D eigenvalue weighted by Crippen LogP contribution is -2.06. The van der Waals surface area contributed by atoms with Gasteiger partial charge in [-0.1, -0.05) is 54.6 Å². The van der Waals surface area contributed by atoms with Crippen molar-refractivity contribution in [3.63, 3.8) is 0 Å². The number of hydrogen-bond acceptors (Lipinski definition) is 1. The van der Waals surface area contributed by atoms with Crippen molar-refractivity contribution in [3.05, 3.63) is 71.8 Å². The van der Waals surface area contributed by atoms with Crippen LogP contribution in [0.25, 0.3) is 5.70 Å². The van der Waals surface area contributed by atoms with Gasteiger partial charge in [-0.05, 0) is 23.6 Å². The molecule has 1 heterocycles. The van der Waals surface area contributed by atoms with Crippen LogP contribution in [0.1, 0.15) is 11.1 Å². The summed E-state index contributed by atoms with van der Waals surface area (Å²) in [6, 6.07) is 18.9. The number of para-hydroxylation sites is 1. The fourth-order valence-corrected chi connectivity index (χ4v) is 2.04. The Morgan fingerprint density at radius 1 is 0.812 bits per heavy atom. The predicted octanol–water partition coefficient (Wildman–Crippen LogP) is 3.70. The second-order valence-electron chi connectivity index (χ2n) is 3.97. The molecule has 1 N–H and O–H groups in total. The van der Waals surface area contributed by atoms with Crippen molar-refractivity contribution in [2.75, 3.05) is 5.32 Å². The zero-order valence-corrected chi connectivity index (χ0v) is 8.98. The summed E-state index contributed by atoms with van der Waals surface area (Å²) in [5.41, 5.74) is 5.04. The van der Waals surface area contributed by atoms with Gasteiger partial charge in [0.1, 0.15) is 0 Å². The van der Waals surface area contributed by atoms with E-state index >= 15 is 0 Å². The van der Waals surface area contributed by atoms with Crippen molar-refractivity contribution in [1.82, 2.24) is 0 Å². The Labute approximate surface area is 95.4 Å². The number of rotatable bonds is 1. The summed E-state index contributed by atoms with van der Waals surface area (Å²) in [7, 11) is 0. The summed E-state index contributed by atoms with van der Waals surface area (Å²) in [5.74, 6) is 0. The molecule has 0 radical (unpaired) electrons. The molecule has 0 aromatic heterocycles. The molecule has 1 heteroatoms. The van der Waals surface area contributed by atoms with Crippen molar-refractivity contribution in [2.45, 2.75) is 6.42 Å². The van der Waals surface area contributed by atoms with E-state index in [0.717, 1.165) is 6.42 Å². The third-order valence-corrected chi connectivity index (χ3v) is 2.90. The molecule has 0 amide bonds. The molecule has 1 aliphatic heterocycles. The highest BCUT2D eigenvalue weighted by molar-refractivity contribution is 5.80. The average Bonchev–Trinajstić information content (AvgIpc) is 2.39. The zero-order chi connectivity index (χ0) is 10.8. The highest BCUT2D eigenvalue weighted by atomic mass is 14.9. The third-order valence-electron chi connectivity index (χ3n) is 2.90. The molecule has 1 nitrogen and oxygen atoms in total. The molecule has 2 aromatic rings. The van der Waals surface area contributed by atoms with Gasteiger partial charge in [0.2, 0.25) is 0 Å². The Morgan fingerprint density at radius 3 is 2.44 bits per heavy atom. The number of anilines is 1. The van der Waals surface area contributed by atoms with E-state index in [1.807, 2.05) is 6.07 Å². The fraction of sp³-hybridized carbons (Fsp3) is 0.0667. The van der Waals surface area contributed by atoms with Crippen molar-refractivity contribution in [1.29, 1.82) is 0 Å². The van der Waals surface area contributed by atoms with Gasteiger partial charge in [-0.2, -0.15) is 0 Å². The molecule has 3 rings (SSSR count). The maximum absolute atomic E-state index is 3.47. The molecule has 0 unspecified atom stereocenters. The predicted molar refractivity (Wildman–Crippen MR) is 68.2 cm³/mol. The van der Waals surface area contributed by atoms with Crippen LogP contribution in [-0.4, -0.2) is 0 Å². The van der Waals surface area contributed by atoms with Crippen molar-refractivity contribution >= 4 is 11.4 Å². The lowest BCUT2D eigenvalue weighted by molar-refractivity contribution is 1.23. The normalized spacial score (nSPS) is 13.6. The summed E-state index contributed by atoms with van der Waals surface area (Å²) >= 11 is 0. The molecule has 16 heavy (non-hydrogen) atoms. The van der Waals surface area contributed by atoms with E-state index < -0.39 is 0 Å². The smallest absolute Gasteiger partial charge is 0.0420 e. The second kappa shape index (κ2) is 3.86. The highest BCUT2D eigenvalue weighted by Crippen LogP contribution is 2.27. The van der Waals surface area contributed by atoms with Crippen LogP contribution < -0.4 is 5.32 Å². The molecule has 0 aliphatic carbocycles. The van der Waals surface area contributed by atoms with E-state index in [0.29, 0.717) is 0 Å². The van der Waals surface area contributed by atoms with Gasteiger partial charge in [0.05, 0.1) is 0 Å². The Balaban J connectivity index is 1.95. The summed E-state index contributed by atoms with van der Waals surface area (Å²) in [6.07, 6.45) is 3.26. The van der Waals surface area contributed by atoms with Gasteiger partial charge in [0.15, 0.2) is 0 Å². The topological polar surface area (TPSA) is 12.0 Å². The van der Waals surface area contributed by atoms with Crippen LogP contribution in [0.15, 0.2) is 60.7 Å². The van der Waals surface area contributed by atoms with E-state index in [2.05, 4.69) is 59.9 Å². The first kappa shape index (κ1) is 9.22. The summed E-state index contributed by atoms with van der Waals surface area (Å²) in [4.78, 5) is 0. The van der Waals surface area contributed by atoms with E-state index in [9.17, 15) is 0 Å². The van der Waals surface area contributed by atoms with Crippen LogP contribution in [0.4, 0.5) is 5.69 Å². The minimum Gasteiger partial charge on any atom is -0.355 e. The third kappa shape index (κ3) is 1.61. The van der Waals surface area contributed by atoms with Gasteiger partial charge in [-0.15, -0.1) is 0 Å². The lowest BCUT2D eigenvalue weighted by atomic mass is 10.0. The van der Waals surface area contributed by atoms with Crippen LogP contribution in [0.3, 0.4) is 0 Å². The molecule has 1 aliphatic rings. The lowest BCUT2D eigenvalue weighted by Gasteiger charge is -2.19. The minimum atomic E-state index is 1.01.